The molecule has 0 aliphatic heterocycles. The Balaban J connectivity index is 2.19. The van der Waals surface area contributed by atoms with Crippen LogP contribution in [0.4, 0.5) is 0 Å². The molecule has 2 aromatic carbocycles. The highest BCUT2D eigenvalue weighted by molar-refractivity contribution is 9.10. The van der Waals surface area contributed by atoms with Crippen LogP contribution in [0.2, 0.25) is 10.0 Å². The van der Waals surface area contributed by atoms with Gasteiger partial charge in [0, 0.05) is 12.1 Å². The molecule has 0 saturated heterocycles. The van der Waals surface area contributed by atoms with Gasteiger partial charge in [-0.3, -0.25) is 0 Å². The van der Waals surface area contributed by atoms with E-state index < -0.39 is 0 Å². The molecule has 0 spiro atoms. The van der Waals surface area contributed by atoms with Crippen molar-refractivity contribution >= 4 is 39.1 Å². The van der Waals surface area contributed by atoms with Crippen molar-refractivity contribution in [1.29, 1.82) is 0 Å². The van der Waals surface area contributed by atoms with E-state index in [1.165, 1.54) is 0 Å². The molecule has 26 heavy (non-hydrogen) atoms. The van der Waals surface area contributed by atoms with Crippen LogP contribution in [0.5, 0.6) is 11.5 Å². The fourth-order valence-corrected chi connectivity index (χ4v) is 3.20. The van der Waals surface area contributed by atoms with Gasteiger partial charge in [-0.2, -0.15) is 0 Å². The normalized spacial score (nSPS) is 11.5. The summed E-state index contributed by atoms with van der Waals surface area (Å²) in [6.07, 6.45) is 0. The number of hydrogen-bond acceptors (Lipinski definition) is 3. The smallest absolute Gasteiger partial charge is 0.175 e. The first-order valence-corrected chi connectivity index (χ1v) is 10.0. The minimum atomic E-state index is 0.0429. The van der Waals surface area contributed by atoms with Crippen LogP contribution >= 0.6 is 39.1 Å². The summed E-state index contributed by atoms with van der Waals surface area (Å²) in [6.45, 7) is 10.0. The topological polar surface area (TPSA) is 30.5 Å². The molecule has 0 fully saturated rings. The molecule has 142 valence electrons. The van der Waals surface area contributed by atoms with Gasteiger partial charge in [-0.15, -0.1) is 0 Å². The second-order valence-corrected chi connectivity index (χ2v) is 8.65. The Hall–Kier alpha value is -0.940. The quantitative estimate of drug-likeness (QED) is 0.503. The Morgan fingerprint density at radius 2 is 1.73 bits per heavy atom. The summed E-state index contributed by atoms with van der Waals surface area (Å²) in [6, 6.07) is 9.52. The lowest BCUT2D eigenvalue weighted by Gasteiger charge is -2.21. The third kappa shape index (κ3) is 6.34. The van der Waals surface area contributed by atoms with Gasteiger partial charge >= 0.3 is 0 Å². The van der Waals surface area contributed by atoms with Gasteiger partial charge < -0.3 is 14.8 Å². The summed E-state index contributed by atoms with van der Waals surface area (Å²) < 4.78 is 12.7. The summed E-state index contributed by atoms with van der Waals surface area (Å²) in [5.41, 5.74) is 2.10. The average Bonchev–Trinajstić information content (AvgIpc) is 2.55. The minimum Gasteiger partial charge on any atom is -0.490 e. The Bertz CT molecular complexity index is 760. The van der Waals surface area contributed by atoms with Crippen LogP contribution in [-0.4, -0.2) is 12.1 Å². The van der Waals surface area contributed by atoms with Crippen molar-refractivity contribution in [2.45, 2.75) is 46.4 Å². The first kappa shape index (κ1) is 21.4. The lowest BCUT2D eigenvalue weighted by molar-refractivity contribution is 0.267. The van der Waals surface area contributed by atoms with Crippen molar-refractivity contribution in [3.63, 3.8) is 0 Å². The summed E-state index contributed by atoms with van der Waals surface area (Å²) in [7, 11) is 0. The maximum atomic E-state index is 6.07. The van der Waals surface area contributed by atoms with E-state index in [1.54, 1.807) is 12.1 Å². The highest BCUT2D eigenvalue weighted by atomic mass is 79.9. The van der Waals surface area contributed by atoms with E-state index >= 15 is 0 Å². The molecule has 3 nitrogen and oxygen atoms in total. The molecule has 6 heteroatoms. The van der Waals surface area contributed by atoms with Crippen molar-refractivity contribution in [3.05, 3.63) is 56.0 Å². The molecule has 0 aliphatic carbocycles. The van der Waals surface area contributed by atoms with E-state index in [0.29, 0.717) is 34.8 Å². The minimum absolute atomic E-state index is 0.0429. The van der Waals surface area contributed by atoms with Crippen molar-refractivity contribution in [3.8, 4) is 11.5 Å². The van der Waals surface area contributed by atoms with Crippen LogP contribution in [-0.2, 0) is 13.2 Å². The number of ether oxygens (including phenoxy) is 2. The largest absolute Gasteiger partial charge is 0.490 e. The van der Waals surface area contributed by atoms with Crippen LogP contribution < -0.4 is 14.8 Å². The highest BCUT2D eigenvalue weighted by Crippen LogP contribution is 2.38. The zero-order valence-corrected chi connectivity index (χ0v) is 18.6. The second kappa shape index (κ2) is 9.32. The Kier molecular flexibility index (Phi) is 7.65. The van der Waals surface area contributed by atoms with E-state index in [9.17, 15) is 0 Å². The maximum absolute atomic E-state index is 6.07. The molecule has 0 amide bonds. The standard InChI is InChI=1S/C20H24BrCl2NO2/c1-5-25-18-10-14(11-24-20(2,3)4)8-15(21)19(18)26-12-13-6-7-16(22)17(23)9-13/h6-10,24H,5,11-12H2,1-4H3. The maximum Gasteiger partial charge on any atom is 0.175 e. The predicted molar refractivity (Wildman–Crippen MR) is 113 cm³/mol. The molecule has 0 aromatic heterocycles. The van der Waals surface area contributed by atoms with E-state index in [1.807, 2.05) is 25.1 Å². The number of nitrogens with one attached hydrogen (secondary N) is 1. The molecular formula is C20H24BrCl2NO2. The Morgan fingerprint density at radius 1 is 1.00 bits per heavy atom. The van der Waals surface area contributed by atoms with E-state index in [0.717, 1.165) is 22.1 Å². The molecule has 0 heterocycles. The Labute approximate surface area is 174 Å². The van der Waals surface area contributed by atoms with Crippen molar-refractivity contribution in [2.75, 3.05) is 6.61 Å². The lowest BCUT2D eigenvalue weighted by Crippen LogP contribution is -2.35. The molecule has 0 aliphatic rings. The van der Waals surface area contributed by atoms with Gasteiger partial charge in [0.05, 0.1) is 21.1 Å². The zero-order valence-electron chi connectivity index (χ0n) is 15.5. The van der Waals surface area contributed by atoms with Gasteiger partial charge in [0.25, 0.3) is 0 Å². The van der Waals surface area contributed by atoms with E-state index in [4.69, 9.17) is 32.7 Å². The molecule has 2 rings (SSSR count). The molecule has 0 saturated carbocycles. The van der Waals surface area contributed by atoms with Gasteiger partial charge in [-0.25, -0.2) is 0 Å². The average molecular weight is 461 g/mol. The third-order valence-corrected chi connectivity index (χ3v) is 4.89. The first-order valence-electron chi connectivity index (χ1n) is 8.46. The SMILES string of the molecule is CCOc1cc(CNC(C)(C)C)cc(Br)c1OCc1ccc(Cl)c(Cl)c1. The van der Waals surface area contributed by atoms with Crippen molar-refractivity contribution in [1.82, 2.24) is 5.32 Å². The van der Waals surface area contributed by atoms with E-state index in [-0.39, 0.29) is 5.54 Å². The molecular weight excluding hydrogens is 437 g/mol. The summed E-state index contributed by atoms with van der Waals surface area (Å²) >= 11 is 15.6. The second-order valence-electron chi connectivity index (χ2n) is 6.98. The predicted octanol–water partition coefficient (Wildman–Crippen LogP) is 6.62. The highest BCUT2D eigenvalue weighted by Gasteiger charge is 2.15. The molecule has 0 radical (unpaired) electrons. The van der Waals surface area contributed by atoms with Crippen molar-refractivity contribution in [2.24, 2.45) is 0 Å². The number of rotatable bonds is 7. The number of halogens is 3. The van der Waals surface area contributed by atoms with Gasteiger partial charge in [0.15, 0.2) is 11.5 Å². The monoisotopic (exact) mass is 459 g/mol. The van der Waals surface area contributed by atoms with Crippen molar-refractivity contribution < 1.29 is 9.47 Å². The van der Waals surface area contributed by atoms with Crippen LogP contribution in [0.1, 0.15) is 38.8 Å². The van der Waals surface area contributed by atoms with Gasteiger partial charge in [0.2, 0.25) is 0 Å². The van der Waals surface area contributed by atoms with Gasteiger partial charge in [0.1, 0.15) is 6.61 Å². The fourth-order valence-electron chi connectivity index (χ4n) is 2.28. The number of hydrogen-bond donors (Lipinski definition) is 1. The van der Waals surface area contributed by atoms with Crippen LogP contribution in [0.25, 0.3) is 0 Å². The van der Waals surface area contributed by atoms with Gasteiger partial charge in [-0.05, 0) is 79.0 Å². The van der Waals surface area contributed by atoms with Crippen LogP contribution in [0.3, 0.4) is 0 Å². The summed E-state index contributed by atoms with van der Waals surface area (Å²) in [4.78, 5) is 0. The molecule has 1 N–H and O–H groups in total. The fraction of sp³-hybridized carbons (Fsp3) is 0.400. The summed E-state index contributed by atoms with van der Waals surface area (Å²) in [5.74, 6) is 1.39. The third-order valence-electron chi connectivity index (χ3n) is 3.56. The molecule has 0 bridgehead atoms. The molecule has 2 aromatic rings. The summed E-state index contributed by atoms with van der Waals surface area (Å²) in [5, 5.41) is 4.52. The first-order chi connectivity index (χ1) is 12.2. The molecule has 0 atom stereocenters. The van der Waals surface area contributed by atoms with Gasteiger partial charge in [-0.1, -0.05) is 29.3 Å². The number of benzene rings is 2. The molecule has 0 unspecified atom stereocenters. The van der Waals surface area contributed by atoms with E-state index in [2.05, 4.69) is 42.0 Å². The lowest BCUT2D eigenvalue weighted by atomic mass is 10.1. The van der Waals surface area contributed by atoms with Crippen LogP contribution in [0, 0.1) is 0 Å². The zero-order chi connectivity index (χ0) is 19.3. The Morgan fingerprint density at radius 3 is 2.35 bits per heavy atom. The van der Waals surface area contributed by atoms with Crippen LogP contribution in [0.15, 0.2) is 34.8 Å².